The first kappa shape index (κ1) is 22.1. The number of carbonyl (C=O) groups is 3. The Morgan fingerprint density at radius 1 is 1.10 bits per heavy atom. The number of nitriles is 1. The summed E-state index contributed by atoms with van der Waals surface area (Å²) in [7, 11) is 0. The van der Waals surface area contributed by atoms with E-state index in [2.05, 4.69) is 0 Å². The molecule has 0 saturated carbocycles. The molecule has 1 aliphatic rings. The monoisotopic (exact) mass is 406 g/mol. The Labute approximate surface area is 166 Å². The van der Waals surface area contributed by atoms with Crippen molar-refractivity contribution in [3.63, 3.8) is 0 Å². The maximum absolute atomic E-state index is 12.9. The maximum Gasteiger partial charge on any atom is 0.303 e. The quantitative estimate of drug-likeness (QED) is 0.510. The third-order valence-electron chi connectivity index (χ3n) is 4.34. The molecule has 2 rings (SSSR count). The van der Waals surface area contributed by atoms with Crippen molar-refractivity contribution >= 4 is 17.9 Å². The number of hydrogen-bond donors (Lipinski definition) is 0. The molecule has 0 amide bonds. The first-order valence-corrected chi connectivity index (χ1v) is 8.82. The van der Waals surface area contributed by atoms with Crippen LogP contribution < -0.4 is 5.56 Å². The molecule has 0 N–H and O–H groups in total. The summed E-state index contributed by atoms with van der Waals surface area (Å²) in [6.07, 6.45) is -4.50. The topological polar surface area (TPSA) is 134 Å². The van der Waals surface area contributed by atoms with Crippen LogP contribution in [0.4, 0.5) is 0 Å². The van der Waals surface area contributed by atoms with Crippen LogP contribution in [-0.2, 0) is 33.3 Å². The second kappa shape index (κ2) is 8.87. The predicted octanol–water partition coefficient (Wildman–Crippen LogP) is 0.661. The normalized spacial score (nSPS) is 23.2. The molecule has 10 nitrogen and oxygen atoms in total. The molecule has 2 heterocycles. The van der Waals surface area contributed by atoms with Gasteiger partial charge < -0.3 is 18.9 Å². The van der Waals surface area contributed by atoms with E-state index in [4.69, 9.17) is 18.9 Å². The smallest absolute Gasteiger partial charge is 0.303 e. The predicted molar refractivity (Wildman–Crippen MR) is 96.5 cm³/mol. The molecule has 0 spiro atoms. The van der Waals surface area contributed by atoms with Crippen molar-refractivity contribution in [3.8, 4) is 6.07 Å². The lowest BCUT2D eigenvalue weighted by molar-refractivity contribution is -0.166. The molecule has 1 aromatic rings. The number of aromatic nitrogens is 1. The van der Waals surface area contributed by atoms with Gasteiger partial charge in [-0.25, -0.2) is 0 Å². The standard InChI is InChI=1S/C19H22N2O8/c1-9-6-10(2)21(18(25)14(9)7-20)19-17(28-13(5)24)16(27-12(4)23)15(29-19)8-26-11(3)22/h6,15-17,19H,8H2,1-5H3/t15-,16-,17-,19-/m1/s1. The average Bonchev–Trinajstić information content (AvgIpc) is 2.89. The van der Waals surface area contributed by atoms with Crippen LogP contribution in [-0.4, -0.2) is 47.4 Å². The fraction of sp³-hybridized carbons (Fsp3) is 0.526. The number of aryl methyl sites for hydroxylation is 2. The van der Waals surface area contributed by atoms with E-state index in [0.29, 0.717) is 11.3 Å². The fourth-order valence-electron chi connectivity index (χ4n) is 3.26. The number of nitrogens with zero attached hydrogens (tertiary/aromatic N) is 2. The molecule has 0 aromatic carbocycles. The van der Waals surface area contributed by atoms with Gasteiger partial charge in [0, 0.05) is 26.5 Å². The molecular formula is C19H22N2O8. The molecule has 1 saturated heterocycles. The lowest BCUT2D eigenvalue weighted by Gasteiger charge is -2.25. The van der Waals surface area contributed by atoms with E-state index in [1.807, 2.05) is 6.07 Å². The van der Waals surface area contributed by atoms with Crippen LogP contribution in [0.1, 0.15) is 43.8 Å². The van der Waals surface area contributed by atoms with Gasteiger partial charge in [-0.1, -0.05) is 0 Å². The second-order valence-electron chi connectivity index (χ2n) is 6.65. The van der Waals surface area contributed by atoms with Crippen molar-refractivity contribution in [2.45, 2.75) is 59.2 Å². The summed E-state index contributed by atoms with van der Waals surface area (Å²) in [5.41, 5.74) is 0.208. The van der Waals surface area contributed by atoms with Crippen LogP contribution in [0.2, 0.25) is 0 Å². The van der Waals surface area contributed by atoms with E-state index in [-0.39, 0.29) is 12.2 Å². The largest absolute Gasteiger partial charge is 0.463 e. The van der Waals surface area contributed by atoms with Gasteiger partial charge in [0.1, 0.15) is 24.3 Å². The SMILES string of the molecule is CC(=O)OC[C@H]1O[C@@H](n2c(C)cc(C)c(C#N)c2=O)[C@H](OC(C)=O)[C@@H]1OC(C)=O. The van der Waals surface area contributed by atoms with Crippen LogP contribution in [0.5, 0.6) is 0 Å². The van der Waals surface area contributed by atoms with E-state index in [1.54, 1.807) is 19.9 Å². The zero-order valence-corrected chi connectivity index (χ0v) is 16.8. The van der Waals surface area contributed by atoms with E-state index in [0.717, 1.165) is 13.8 Å². The molecule has 156 valence electrons. The van der Waals surface area contributed by atoms with Crippen molar-refractivity contribution < 1.29 is 33.3 Å². The Hall–Kier alpha value is -3.19. The number of carbonyl (C=O) groups excluding carboxylic acids is 3. The van der Waals surface area contributed by atoms with Gasteiger partial charge in [-0.3, -0.25) is 23.7 Å². The van der Waals surface area contributed by atoms with E-state index in [9.17, 15) is 24.4 Å². The van der Waals surface area contributed by atoms with Gasteiger partial charge in [-0.05, 0) is 25.5 Å². The molecule has 1 aromatic heterocycles. The number of pyridine rings is 1. The Kier molecular flexibility index (Phi) is 6.76. The van der Waals surface area contributed by atoms with Gasteiger partial charge in [-0.15, -0.1) is 0 Å². The minimum atomic E-state index is -1.19. The summed E-state index contributed by atoms with van der Waals surface area (Å²) < 4.78 is 22.6. The van der Waals surface area contributed by atoms with E-state index < -0.39 is 48.0 Å². The highest BCUT2D eigenvalue weighted by Gasteiger charge is 2.51. The minimum absolute atomic E-state index is 0.0896. The van der Waals surface area contributed by atoms with E-state index in [1.165, 1.54) is 11.5 Å². The van der Waals surface area contributed by atoms with Crippen molar-refractivity contribution in [2.24, 2.45) is 0 Å². The van der Waals surface area contributed by atoms with Gasteiger partial charge in [0.25, 0.3) is 5.56 Å². The lowest BCUT2D eigenvalue weighted by Crippen LogP contribution is -2.42. The molecular weight excluding hydrogens is 384 g/mol. The molecule has 1 aliphatic heterocycles. The van der Waals surface area contributed by atoms with Crippen molar-refractivity contribution in [2.75, 3.05) is 6.61 Å². The molecule has 4 atom stereocenters. The molecule has 10 heteroatoms. The summed E-state index contributed by atoms with van der Waals surface area (Å²) in [6, 6.07) is 3.47. The Morgan fingerprint density at radius 3 is 2.21 bits per heavy atom. The third-order valence-corrected chi connectivity index (χ3v) is 4.34. The zero-order valence-electron chi connectivity index (χ0n) is 16.8. The highest BCUT2D eigenvalue weighted by Crippen LogP contribution is 2.34. The molecule has 0 radical (unpaired) electrons. The van der Waals surface area contributed by atoms with Crippen LogP contribution in [0, 0.1) is 25.2 Å². The number of ether oxygens (including phenoxy) is 4. The van der Waals surface area contributed by atoms with Crippen molar-refractivity contribution in [3.05, 3.63) is 33.2 Å². The van der Waals surface area contributed by atoms with Gasteiger partial charge in [0.05, 0.1) is 0 Å². The summed E-state index contributed by atoms with van der Waals surface area (Å²) in [5, 5.41) is 9.32. The van der Waals surface area contributed by atoms with Crippen LogP contribution >= 0.6 is 0 Å². The average molecular weight is 406 g/mol. The minimum Gasteiger partial charge on any atom is -0.463 e. The van der Waals surface area contributed by atoms with Crippen LogP contribution in [0.25, 0.3) is 0 Å². The van der Waals surface area contributed by atoms with E-state index >= 15 is 0 Å². The fourth-order valence-corrected chi connectivity index (χ4v) is 3.26. The molecule has 1 fully saturated rings. The van der Waals surface area contributed by atoms with Gasteiger partial charge in [0.2, 0.25) is 0 Å². The van der Waals surface area contributed by atoms with Crippen LogP contribution in [0.3, 0.4) is 0 Å². The Bertz CT molecular complexity index is 929. The van der Waals surface area contributed by atoms with Gasteiger partial charge in [-0.2, -0.15) is 5.26 Å². The third kappa shape index (κ3) is 4.81. The molecule has 0 bridgehead atoms. The zero-order chi connectivity index (χ0) is 21.9. The van der Waals surface area contributed by atoms with Crippen molar-refractivity contribution in [1.29, 1.82) is 5.26 Å². The van der Waals surface area contributed by atoms with Gasteiger partial charge in [0.15, 0.2) is 18.4 Å². The first-order chi connectivity index (χ1) is 13.6. The summed E-state index contributed by atoms with van der Waals surface area (Å²) in [6.45, 7) is 6.49. The highest BCUT2D eigenvalue weighted by atomic mass is 16.7. The Balaban J connectivity index is 2.58. The summed E-state index contributed by atoms with van der Waals surface area (Å²) in [4.78, 5) is 47.4. The van der Waals surface area contributed by atoms with Gasteiger partial charge >= 0.3 is 17.9 Å². The number of esters is 3. The van der Waals surface area contributed by atoms with Crippen molar-refractivity contribution in [1.82, 2.24) is 4.57 Å². The summed E-state index contributed by atoms with van der Waals surface area (Å²) in [5.74, 6) is -1.94. The van der Waals surface area contributed by atoms with Crippen LogP contribution in [0.15, 0.2) is 10.9 Å². The first-order valence-electron chi connectivity index (χ1n) is 8.82. The summed E-state index contributed by atoms with van der Waals surface area (Å²) >= 11 is 0. The lowest BCUT2D eigenvalue weighted by atomic mass is 10.1. The second-order valence-corrected chi connectivity index (χ2v) is 6.65. The maximum atomic E-state index is 12.9. The highest BCUT2D eigenvalue weighted by molar-refractivity contribution is 5.68. The molecule has 0 unspecified atom stereocenters. The number of hydrogen-bond acceptors (Lipinski definition) is 9. The molecule has 0 aliphatic carbocycles. The number of rotatable bonds is 5. The molecule has 29 heavy (non-hydrogen) atoms. The Morgan fingerprint density at radius 2 is 1.69 bits per heavy atom.